The summed E-state index contributed by atoms with van der Waals surface area (Å²) in [5.41, 5.74) is 0. The number of nitrogens with one attached hydrogen (secondary N) is 2. The summed E-state index contributed by atoms with van der Waals surface area (Å²) in [5.74, 6) is -0.354. The molecule has 0 bridgehead atoms. The Morgan fingerprint density at radius 2 is 1.70 bits per heavy atom. The van der Waals surface area contributed by atoms with Crippen molar-refractivity contribution in [2.75, 3.05) is 20.3 Å². The number of carbonyl (C=O) groups is 2. The molecule has 0 saturated carbocycles. The first kappa shape index (κ1) is 18.9. The normalized spacial score (nSPS) is 14.2. The highest BCUT2D eigenvalue weighted by atomic mass is 16.5. The van der Waals surface area contributed by atoms with Crippen LogP contribution in [0.3, 0.4) is 0 Å². The summed E-state index contributed by atoms with van der Waals surface area (Å²) in [6, 6.07) is -0.703. The van der Waals surface area contributed by atoms with Gasteiger partial charge in [-0.15, -0.1) is 0 Å². The Morgan fingerprint density at radius 1 is 1.10 bits per heavy atom. The second-order valence-electron chi connectivity index (χ2n) is 5.59. The molecule has 0 rings (SSSR count). The maximum Gasteiger partial charge on any atom is 0.246 e. The number of hydrogen-bond acceptors (Lipinski definition) is 4. The van der Waals surface area contributed by atoms with Gasteiger partial charge in [-0.3, -0.25) is 9.59 Å². The number of carbonyl (C=O) groups excluding carboxylic acids is 2. The van der Waals surface area contributed by atoms with Crippen LogP contribution in [0.2, 0.25) is 0 Å². The molecule has 0 unspecified atom stereocenters. The van der Waals surface area contributed by atoms with Crippen molar-refractivity contribution in [1.29, 1.82) is 0 Å². The van der Waals surface area contributed by atoms with Crippen LogP contribution in [0.4, 0.5) is 0 Å². The van der Waals surface area contributed by atoms with Gasteiger partial charge < -0.3 is 20.5 Å². The predicted molar refractivity (Wildman–Crippen MR) is 77.1 cm³/mol. The largest absolute Gasteiger partial charge is 0.396 e. The highest BCUT2D eigenvalue weighted by Gasteiger charge is 2.26. The first-order valence-electron chi connectivity index (χ1n) is 7.03. The van der Waals surface area contributed by atoms with Gasteiger partial charge in [0.1, 0.15) is 12.6 Å². The maximum atomic E-state index is 12.3. The molecule has 6 heteroatoms. The minimum Gasteiger partial charge on any atom is -0.396 e. The molecule has 0 aromatic carbocycles. The van der Waals surface area contributed by atoms with E-state index in [0.717, 1.165) is 0 Å². The second kappa shape index (κ2) is 9.72. The molecule has 6 nitrogen and oxygen atoms in total. The van der Waals surface area contributed by atoms with Crippen LogP contribution in [-0.4, -0.2) is 49.3 Å². The fourth-order valence-electron chi connectivity index (χ4n) is 1.86. The van der Waals surface area contributed by atoms with Gasteiger partial charge in [0.05, 0.1) is 0 Å². The van der Waals surface area contributed by atoms with Crippen LogP contribution < -0.4 is 10.6 Å². The number of amides is 2. The van der Waals surface area contributed by atoms with E-state index in [9.17, 15) is 9.59 Å². The smallest absolute Gasteiger partial charge is 0.246 e. The number of methoxy groups -OCH3 is 1. The molecule has 0 aliphatic heterocycles. The molecule has 0 aliphatic carbocycles. The molecule has 2 atom stereocenters. The van der Waals surface area contributed by atoms with E-state index in [-0.39, 0.29) is 42.9 Å². The van der Waals surface area contributed by atoms with Crippen molar-refractivity contribution >= 4 is 11.8 Å². The first-order valence-corrected chi connectivity index (χ1v) is 7.03. The molecule has 0 spiro atoms. The Labute approximate surface area is 121 Å². The zero-order valence-corrected chi connectivity index (χ0v) is 13.1. The van der Waals surface area contributed by atoms with Gasteiger partial charge in [0.15, 0.2) is 0 Å². The monoisotopic (exact) mass is 288 g/mol. The summed E-state index contributed by atoms with van der Waals surface area (Å²) in [6.45, 7) is 7.65. The summed E-state index contributed by atoms with van der Waals surface area (Å²) < 4.78 is 4.75. The summed E-state index contributed by atoms with van der Waals surface area (Å²) in [6.07, 6.45) is 0.500. The summed E-state index contributed by atoms with van der Waals surface area (Å²) >= 11 is 0. The van der Waals surface area contributed by atoms with Crippen LogP contribution in [0.15, 0.2) is 0 Å². The summed E-state index contributed by atoms with van der Waals surface area (Å²) in [5, 5.41) is 14.6. The number of aliphatic hydroxyl groups is 1. The molecule has 0 radical (unpaired) electrons. The van der Waals surface area contributed by atoms with Crippen LogP contribution in [0, 0.1) is 11.8 Å². The Bertz CT molecular complexity index is 306. The quantitative estimate of drug-likeness (QED) is 0.569. The number of rotatable bonds is 9. The Balaban J connectivity index is 4.66. The summed E-state index contributed by atoms with van der Waals surface area (Å²) in [4.78, 5) is 23.8. The van der Waals surface area contributed by atoms with E-state index in [0.29, 0.717) is 6.42 Å². The topological polar surface area (TPSA) is 87.7 Å². The Morgan fingerprint density at radius 3 is 2.10 bits per heavy atom. The molecule has 118 valence electrons. The molecular formula is C14H28N2O4. The molecule has 0 aromatic heterocycles. The van der Waals surface area contributed by atoms with Crippen LogP contribution in [0.25, 0.3) is 0 Å². The van der Waals surface area contributed by atoms with E-state index in [1.807, 2.05) is 27.7 Å². The van der Waals surface area contributed by atoms with Gasteiger partial charge in [0.2, 0.25) is 11.8 Å². The standard InChI is InChI=1S/C14H28N2O4/c1-9(2)11(6-7-17)15-14(19)13(10(3)4)16-12(18)8-20-5/h9-11,13,17H,6-8H2,1-5H3,(H,15,19)(H,16,18)/t11-,13-/m0/s1. The average molecular weight is 288 g/mol. The molecule has 0 aromatic rings. The second-order valence-corrected chi connectivity index (χ2v) is 5.59. The van der Waals surface area contributed by atoms with Crippen molar-refractivity contribution in [3.8, 4) is 0 Å². The number of ether oxygens (including phenoxy) is 1. The lowest BCUT2D eigenvalue weighted by molar-refractivity contribution is -0.132. The van der Waals surface area contributed by atoms with E-state index in [4.69, 9.17) is 9.84 Å². The van der Waals surface area contributed by atoms with Crippen LogP contribution in [-0.2, 0) is 14.3 Å². The molecule has 3 N–H and O–H groups in total. The number of hydrogen-bond donors (Lipinski definition) is 3. The lowest BCUT2D eigenvalue weighted by atomic mass is 9.98. The zero-order valence-electron chi connectivity index (χ0n) is 13.1. The molecule has 20 heavy (non-hydrogen) atoms. The van der Waals surface area contributed by atoms with Crippen LogP contribution in [0.1, 0.15) is 34.1 Å². The van der Waals surface area contributed by atoms with Crippen molar-refractivity contribution in [2.24, 2.45) is 11.8 Å². The fraction of sp³-hybridized carbons (Fsp3) is 0.857. The van der Waals surface area contributed by atoms with Crippen molar-refractivity contribution in [3.05, 3.63) is 0 Å². The van der Waals surface area contributed by atoms with Crippen LogP contribution in [0.5, 0.6) is 0 Å². The van der Waals surface area contributed by atoms with Gasteiger partial charge in [-0.25, -0.2) is 0 Å². The van der Waals surface area contributed by atoms with E-state index in [1.54, 1.807) is 0 Å². The van der Waals surface area contributed by atoms with Gasteiger partial charge in [-0.05, 0) is 18.3 Å². The van der Waals surface area contributed by atoms with E-state index >= 15 is 0 Å². The molecular weight excluding hydrogens is 260 g/mol. The summed E-state index contributed by atoms with van der Waals surface area (Å²) in [7, 11) is 1.43. The Hall–Kier alpha value is -1.14. The molecule has 0 saturated heterocycles. The van der Waals surface area contributed by atoms with E-state index < -0.39 is 6.04 Å². The fourth-order valence-corrected chi connectivity index (χ4v) is 1.86. The van der Waals surface area contributed by atoms with Crippen molar-refractivity contribution in [3.63, 3.8) is 0 Å². The van der Waals surface area contributed by atoms with Gasteiger partial charge in [-0.2, -0.15) is 0 Å². The minimum absolute atomic E-state index is 0.0194. The van der Waals surface area contributed by atoms with E-state index in [1.165, 1.54) is 7.11 Å². The van der Waals surface area contributed by atoms with Gasteiger partial charge in [0.25, 0.3) is 0 Å². The SMILES string of the molecule is COCC(=O)N[C@H](C(=O)N[C@@H](CCO)C(C)C)C(C)C. The van der Waals surface area contributed by atoms with Crippen molar-refractivity contribution < 1.29 is 19.4 Å². The lowest BCUT2D eigenvalue weighted by Crippen LogP contribution is -2.53. The molecule has 0 aliphatic rings. The molecule has 0 fully saturated rings. The third-order valence-electron chi connectivity index (χ3n) is 3.11. The van der Waals surface area contributed by atoms with Crippen molar-refractivity contribution in [2.45, 2.75) is 46.2 Å². The predicted octanol–water partition coefficient (Wildman–Crippen LogP) is 0.297. The molecule has 0 heterocycles. The maximum absolute atomic E-state index is 12.3. The third-order valence-corrected chi connectivity index (χ3v) is 3.11. The Kier molecular flexibility index (Phi) is 9.16. The first-order chi connectivity index (χ1) is 9.33. The van der Waals surface area contributed by atoms with Crippen molar-refractivity contribution in [1.82, 2.24) is 10.6 Å². The van der Waals surface area contributed by atoms with Crippen LogP contribution >= 0.6 is 0 Å². The van der Waals surface area contributed by atoms with Gasteiger partial charge >= 0.3 is 0 Å². The minimum atomic E-state index is -0.599. The lowest BCUT2D eigenvalue weighted by Gasteiger charge is -2.27. The third kappa shape index (κ3) is 6.86. The average Bonchev–Trinajstić information content (AvgIpc) is 2.35. The number of aliphatic hydroxyl groups excluding tert-OH is 1. The van der Waals surface area contributed by atoms with Gasteiger partial charge in [0, 0.05) is 19.8 Å². The highest BCUT2D eigenvalue weighted by Crippen LogP contribution is 2.08. The van der Waals surface area contributed by atoms with E-state index in [2.05, 4.69) is 10.6 Å². The van der Waals surface area contributed by atoms with Gasteiger partial charge in [-0.1, -0.05) is 27.7 Å². The highest BCUT2D eigenvalue weighted by molar-refractivity contribution is 5.88. The zero-order chi connectivity index (χ0) is 15.7. The molecule has 2 amide bonds.